The first-order chi connectivity index (χ1) is 7.92. The van der Waals surface area contributed by atoms with Gasteiger partial charge in [0.2, 0.25) is 5.91 Å². The molecule has 3 N–H and O–H groups in total. The Morgan fingerprint density at radius 2 is 2.18 bits per heavy atom. The molecule has 4 heteroatoms. The van der Waals surface area contributed by atoms with Gasteiger partial charge in [0.05, 0.1) is 11.6 Å². The van der Waals surface area contributed by atoms with Crippen LogP contribution in [0.25, 0.3) is 0 Å². The molecule has 0 bridgehead atoms. The highest BCUT2D eigenvalue weighted by atomic mass is 16.3. The van der Waals surface area contributed by atoms with Crippen LogP contribution in [-0.2, 0) is 4.79 Å². The second-order valence-corrected chi connectivity index (χ2v) is 5.07. The quantitative estimate of drug-likeness (QED) is 0.843. The van der Waals surface area contributed by atoms with Gasteiger partial charge in [0, 0.05) is 5.56 Å². The monoisotopic (exact) mass is 236 g/mol. The normalized spacial score (nSPS) is 19.5. The zero-order chi connectivity index (χ0) is 12.6. The maximum Gasteiger partial charge on any atom is 0.240 e. The van der Waals surface area contributed by atoms with Gasteiger partial charge in [-0.2, -0.15) is 0 Å². The van der Waals surface area contributed by atoms with Crippen LogP contribution in [-0.4, -0.2) is 11.4 Å². The van der Waals surface area contributed by atoms with Crippen molar-refractivity contribution in [2.45, 2.75) is 51.6 Å². The molecular weight excluding hydrogens is 216 g/mol. The molecular formula is C13H20N2O2. The first-order valence-corrected chi connectivity index (χ1v) is 6.09. The fourth-order valence-electron chi connectivity index (χ4n) is 2.28. The Labute approximate surface area is 102 Å². The van der Waals surface area contributed by atoms with Crippen molar-refractivity contribution in [3.8, 4) is 0 Å². The third kappa shape index (κ3) is 2.22. The van der Waals surface area contributed by atoms with E-state index < -0.39 is 5.54 Å². The van der Waals surface area contributed by atoms with Gasteiger partial charge in [0.1, 0.15) is 11.5 Å². The molecule has 1 unspecified atom stereocenters. The average Bonchev–Trinajstić information content (AvgIpc) is 2.54. The van der Waals surface area contributed by atoms with Gasteiger partial charge in [-0.15, -0.1) is 0 Å². The minimum atomic E-state index is -0.638. The van der Waals surface area contributed by atoms with Crippen molar-refractivity contribution >= 4 is 5.91 Å². The van der Waals surface area contributed by atoms with Crippen LogP contribution in [0.4, 0.5) is 0 Å². The molecule has 1 heterocycles. The van der Waals surface area contributed by atoms with Gasteiger partial charge in [0.15, 0.2) is 0 Å². The number of hydrogen-bond acceptors (Lipinski definition) is 3. The van der Waals surface area contributed by atoms with Gasteiger partial charge in [-0.3, -0.25) is 4.79 Å². The summed E-state index contributed by atoms with van der Waals surface area (Å²) in [6.45, 7) is 5.77. The second kappa shape index (κ2) is 4.18. The SMILES string of the molecule is Cc1cc(C(C)NC(=O)C2(N)CCC2)c(C)o1. The molecule has 1 aromatic rings. The predicted molar refractivity (Wildman–Crippen MR) is 65.5 cm³/mol. The van der Waals surface area contributed by atoms with Gasteiger partial charge >= 0.3 is 0 Å². The van der Waals surface area contributed by atoms with E-state index in [4.69, 9.17) is 10.2 Å². The lowest BCUT2D eigenvalue weighted by Gasteiger charge is -2.37. The summed E-state index contributed by atoms with van der Waals surface area (Å²) in [6.07, 6.45) is 2.62. The standard InChI is InChI=1S/C13H20N2O2/c1-8-7-11(10(3)17-8)9(2)15-12(16)13(14)5-4-6-13/h7,9H,4-6,14H2,1-3H3,(H,15,16). The summed E-state index contributed by atoms with van der Waals surface area (Å²) < 4.78 is 5.46. The molecule has 1 amide bonds. The zero-order valence-electron chi connectivity index (χ0n) is 10.7. The number of carbonyl (C=O) groups is 1. The highest BCUT2D eigenvalue weighted by Gasteiger charge is 2.40. The Morgan fingerprint density at radius 3 is 2.59 bits per heavy atom. The van der Waals surface area contributed by atoms with Crippen molar-refractivity contribution in [1.29, 1.82) is 0 Å². The van der Waals surface area contributed by atoms with Gasteiger partial charge in [0.25, 0.3) is 0 Å². The highest BCUT2D eigenvalue weighted by Crippen LogP contribution is 2.30. The van der Waals surface area contributed by atoms with Crippen LogP contribution in [0.1, 0.15) is 49.3 Å². The molecule has 1 aromatic heterocycles. The Bertz CT molecular complexity index is 433. The van der Waals surface area contributed by atoms with Crippen molar-refractivity contribution in [2.24, 2.45) is 5.73 Å². The van der Waals surface area contributed by atoms with E-state index in [1.54, 1.807) is 0 Å². The van der Waals surface area contributed by atoms with Crippen LogP contribution in [0.15, 0.2) is 10.5 Å². The number of amides is 1. The largest absolute Gasteiger partial charge is 0.466 e. The highest BCUT2D eigenvalue weighted by molar-refractivity contribution is 5.87. The lowest BCUT2D eigenvalue weighted by molar-refractivity contribution is -0.129. The van der Waals surface area contributed by atoms with Crippen LogP contribution in [0.3, 0.4) is 0 Å². The van der Waals surface area contributed by atoms with Crippen LogP contribution >= 0.6 is 0 Å². The molecule has 0 spiro atoms. The van der Waals surface area contributed by atoms with Crippen molar-refractivity contribution in [1.82, 2.24) is 5.32 Å². The van der Waals surface area contributed by atoms with Gasteiger partial charge < -0.3 is 15.5 Å². The summed E-state index contributed by atoms with van der Waals surface area (Å²) in [5.41, 5.74) is 6.37. The Kier molecular flexibility index (Phi) is 3.00. The molecule has 1 saturated carbocycles. The topological polar surface area (TPSA) is 68.3 Å². The van der Waals surface area contributed by atoms with Crippen LogP contribution in [0, 0.1) is 13.8 Å². The molecule has 2 rings (SSSR count). The van der Waals surface area contributed by atoms with Crippen LogP contribution in [0.2, 0.25) is 0 Å². The third-order valence-corrected chi connectivity index (χ3v) is 3.59. The number of carbonyl (C=O) groups excluding carboxylic acids is 1. The molecule has 1 aliphatic carbocycles. The lowest BCUT2D eigenvalue weighted by atomic mass is 9.77. The molecule has 94 valence electrons. The second-order valence-electron chi connectivity index (χ2n) is 5.07. The molecule has 0 aliphatic heterocycles. The average molecular weight is 236 g/mol. The van der Waals surface area contributed by atoms with E-state index in [9.17, 15) is 4.79 Å². The van der Waals surface area contributed by atoms with Crippen molar-refractivity contribution in [3.05, 3.63) is 23.2 Å². The lowest BCUT2D eigenvalue weighted by Crippen LogP contribution is -2.58. The van der Waals surface area contributed by atoms with E-state index in [0.717, 1.165) is 36.3 Å². The first kappa shape index (κ1) is 12.2. The van der Waals surface area contributed by atoms with Crippen molar-refractivity contribution in [2.75, 3.05) is 0 Å². The first-order valence-electron chi connectivity index (χ1n) is 6.09. The van der Waals surface area contributed by atoms with Crippen molar-refractivity contribution < 1.29 is 9.21 Å². The summed E-state index contributed by atoms with van der Waals surface area (Å²) >= 11 is 0. The van der Waals surface area contributed by atoms with E-state index in [1.807, 2.05) is 26.8 Å². The number of aryl methyl sites for hydroxylation is 2. The number of rotatable bonds is 3. The van der Waals surface area contributed by atoms with Crippen LogP contribution in [0.5, 0.6) is 0 Å². The minimum Gasteiger partial charge on any atom is -0.466 e. The minimum absolute atomic E-state index is 0.0468. The van der Waals surface area contributed by atoms with E-state index in [0.29, 0.717) is 0 Å². The molecule has 4 nitrogen and oxygen atoms in total. The van der Waals surface area contributed by atoms with Gasteiger partial charge in [-0.05, 0) is 46.1 Å². The van der Waals surface area contributed by atoms with Crippen LogP contribution < -0.4 is 11.1 Å². The zero-order valence-corrected chi connectivity index (χ0v) is 10.7. The molecule has 0 radical (unpaired) electrons. The summed E-state index contributed by atoms with van der Waals surface area (Å²) in [5.74, 6) is 1.68. The summed E-state index contributed by atoms with van der Waals surface area (Å²) in [4.78, 5) is 12.0. The Hall–Kier alpha value is -1.29. The summed E-state index contributed by atoms with van der Waals surface area (Å²) in [6, 6.07) is 1.91. The maximum atomic E-state index is 12.0. The maximum absolute atomic E-state index is 12.0. The van der Waals surface area contributed by atoms with E-state index >= 15 is 0 Å². The number of nitrogens with one attached hydrogen (secondary N) is 1. The van der Waals surface area contributed by atoms with Gasteiger partial charge in [-0.1, -0.05) is 0 Å². The number of furan rings is 1. The van der Waals surface area contributed by atoms with E-state index in [2.05, 4.69) is 5.32 Å². The molecule has 1 fully saturated rings. The summed E-state index contributed by atoms with van der Waals surface area (Å²) in [7, 11) is 0. The third-order valence-electron chi connectivity index (χ3n) is 3.59. The van der Waals surface area contributed by atoms with E-state index in [-0.39, 0.29) is 11.9 Å². The molecule has 17 heavy (non-hydrogen) atoms. The Morgan fingerprint density at radius 1 is 1.53 bits per heavy atom. The predicted octanol–water partition coefficient (Wildman–Crippen LogP) is 1.96. The van der Waals surface area contributed by atoms with Gasteiger partial charge in [-0.25, -0.2) is 0 Å². The van der Waals surface area contributed by atoms with E-state index in [1.165, 1.54) is 0 Å². The Balaban J connectivity index is 2.04. The number of nitrogens with two attached hydrogens (primary N) is 1. The molecule has 1 aliphatic rings. The van der Waals surface area contributed by atoms with Crippen molar-refractivity contribution in [3.63, 3.8) is 0 Å². The molecule has 0 aromatic carbocycles. The molecule has 0 saturated heterocycles. The fourth-order valence-corrected chi connectivity index (χ4v) is 2.28. The fraction of sp³-hybridized carbons (Fsp3) is 0.615. The number of hydrogen-bond donors (Lipinski definition) is 2. The molecule has 1 atom stereocenters. The summed E-state index contributed by atoms with van der Waals surface area (Å²) in [5, 5.41) is 2.97. The smallest absolute Gasteiger partial charge is 0.240 e.